The summed E-state index contributed by atoms with van der Waals surface area (Å²) in [5, 5.41) is 2.86. The fourth-order valence-corrected chi connectivity index (χ4v) is 1.85. The van der Waals surface area contributed by atoms with Gasteiger partial charge in [0.2, 0.25) is 5.88 Å². The van der Waals surface area contributed by atoms with Crippen LogP contribution in [0.2, 0.25) is 0 Å². The van der Waals surface area contributed by atoms with Crippen molar-refractivity contribution in [2.45, 2.75) is 6.42 Å². The molecule has 5 nitrogen and oxygen atoms in total. The third kappa shape index (κ3) is 4.21. The molecule has 21 heavy (non-hydrogen) atoms. The van der Waals surface area contributed by atoms with Crippen LogP contribution in [0.3, 0.4) is 0 Å². The molecule has 0 unspecified atom stereocenters. The number of amides is 1. The van der Waals surface area contributed by atoms with Crippen LogP contribution in [-0.2, 0) is 6.42 Å². The predicted octanol–water partition coefficient (Wildman–Crippen LogP) is 2.07. The molecule has 0 fully saturated rings. The summed E-state index contributed by atoms with van der Waals surface area (Å²) >= 11 is 0. The molecule has 0 aliphatic rings. The summed E-state index contributed by atoms with van der Waals surface area (Å²) in [6.45, 7) is 0.567. The molecule has 0 aliphatic heterocycles. The van der Waals surface area contributed by atoms with Gasteiger partial charge in [-0.3, -0.25) is 4.79 Å². The molecule has 5 heteroatoms. The number of benzene rings is 1. The highest BCUT2D eigenvalue weighted by atomic mass is 16.5. The molecule has 0 radical (unpaired) electrons. The Morgan fingerprint density at radius 3 is 2.43 bits per heavy atom. The summed E-state index contributed by atoms with van der Waals surface area (Å²) in [5.41, 5.74) is 1.66. The summed E-state index contributed by atoms with van der Waals surface area (Å²) in [6, 6.07) is 11.1. The van der Waals surface area contributed by atoms with E-state index < -0.39 is 0 Å². The van der Waals surface area contributed by atoms with Gasteiger partial charge in [-0.05, 0) is 30.2 Å². The molecular weight excluding hydrogens is 268 g/mol. The van der Waals surface area contributed by atoms with Gasteiger partial charge in [0.25, 0.3) is 5.91 Å². The lowest BCUT2D eigenvalue weighted by atomic mass is 10.1. The molecule has 0 bridgehead atoms. The van der Waals surface area contributed by atoms with Crippen LogP contribution in [0.4, 0.5) is 0 Å². The molecule has 0 saturated heterocycles. The largest absolute Gasteiger partial charge is 0.497 e. The topological polar surface area (TPSA) is 60.5 Å². The fourth-order valence-electron chi connectivity index (χ4n) is 1.85. The Balaban J connectivity index is 1.82. The molecule has 1 N–H and O–H groups in total. The van der Waals surface area contributed by atoms with E-state index in [9.17, 15) is 4.79 Å². The Morgan fingerprint density at radius 2 is 1.86 bits per heavy atom. The van der Waals surface area contributed by atoms with Crippen molar-refractivity contribution in [1.82, 2.24) is 10.3 Å². The number of methoxy groups -OCH3 is 2. The molecule has 0 saturated carbocycles. The number of nitrogens with one attached hydrogen (secondary N) is 1. The number of carbonyl (C=O) groups excluding carboxylic acids is 1. The minimum absolute atomic E-state index is 0.140. The van der Waals surface area contributed by atoms with Crippen molar-refractivity contribution in [1.29, 1.82) is 0 Å². The van der Waals surface area contributed by atoms with Gasteiger partial charge >= 0.3 is 0 Å². The molecule has 0 spiro atoms. The third-order valence-electron chi connectivity index (χ3n) is 3.07. The highest BCUT2D eigenvalue weighted by molar-refractivity contribution is 5.93. The number of hydrogen-bond acceptors (Lipinski definition) is 4. The van der Waals surface area contributed by atoms with E-state index in [1.54, 1.807) is 19.2 Å². The Morgan fingerprint density at radius 1 is 1.10 bits per heavy atom. The Hall–Kier alpha value is -2.56. The lowest BCUT2D eigenvalue weighted by molar-refractivity contribution is 0.0953. The van der Waals surface area contributed by atoms with Gasteiger partial charge in [0, 0.05) is 18.8 Å². The summed E-state index contributed by atoms with van der Waals surface area (Å²) < 4.78 is 10.1. The smallest absolute Gasteiger partial charge is 0.252 e. The first kappa shape index (κ1) is 14.8. The van der Waals surface area contributed by atoms with Crippen LogP contribution >= 0.6 is 0 Å². The number of nitrogens with zero attached hydrogens (tertiary/aromatic N) is 1. The Bertz CT molecular complexity index is 579. The number of ether oxygens (including phenoxy) is 2. The van der Waals surface area contributed by atoms with Crippen LogP contribution in [0.1, 0.15) is 15.9 Å². The number of carbonyl (C=O) groups is 1. The monoisotopic (exact) mass is 286 g/mol. The zero-order valence-corrected chi connectivity index (χ0v) is 12.1. The van der Waals surface area contributed by atoms with Crippen molar-refractivity contribution in [3.63, 3.8) is 0 Å². The first-order valence-corrected chi connectivity index (χ1v) is 6.64. The number of hydrogen-bond donors (Lipinski definition) is 1. The van der Waals surface area contributed by atoms with Crippen LogP contribution < -0.4 is 14.8 Å². The van der Waals surface area contributed by atoms with E-state index in [1.165, 1.54) is 13.3 Å². The zero-order chi connectivity index (χ0) is 15.1. The molecule has 1 heterocycles. The summed E-state index contributed by atoms with van der Waals surface area (Å²) in [7, 11) is 3.18. The quantitative estimate of drug-likeness (QED) is 0.883. The van der Waals surface area contributed by atoms with Crippen LogP contribution in [0.25, 0.3) is 0 Å². The molecule has 0 aliphatic carbocycles. The van der Waals surface area contributed by atoms with Gasteiger partial charge in [-0.15, -0.1) is 0 Å². The number of aromatic nitrogens is 1. The maximum atomic E-state index is 11.9. The second-order valence-corrected chi connectivity index (χ2v) is 4.44. The maximum Gasteiger partial charge on any atom is 0.252 e. The van der Waals surface area contributed by atoms with Gasteiger partial charge < -0.3 is 14.8 Å². The SMILES string of the molecule is COc1ccc(CCNC(=O)c2ccc(OC)nc2)cc1. The van der Waals surface area contributed by atoms with E-state index in [4.69, 9.17) is 9.47 Å². The number of rotatable bonds is 6. The molecule has 2 rings (SSSR count). The molecule has 0 atom stereocenters. The summed E-state index contributed by atoms with van der Waals surface area (Å²) in [6.07, 6.45) is 2.26. The highest BCUT2D eigenvalue weighted by Crippen LogP contribution is 2.11. The molecule has 1 amide bonds. The third-order valence-corrected chi connectivity index (χ3v) is 3.07. The fraction of sp³-hybridized carbons (Fsp3) is 0.250. The van der Waals surface area contributed by atoms with Crippen LogP contribution in [0, 0.1) is 0 Å². The van der Waals surface area contributed by atoms with E-state index in [0.29, 0.717) is 18.0 Å². The first-order valence-electron chi connectivity index (χ1n) is 6.64. The van der Waals surface area contributed by atoms with E-state index >= 15 is 0 Å². The van der Waals surface area contributed by atoms with Gasteiger partial charge in [-0.2, -0.15) is 0 Å². The highest BCUT2D eigenvalue weighted by Gasteiger charge is 2.05. The van der Waals surface area contributed by atoms with Crippen molar-refractivity contribution >= 4 is 5.91 Å². The van der Waals surface area contributed by atoms with E-state index in [2.05, 4.69) is 10.3 Å². The minimum atomic E-state index is -0.140. The lowest BCUT2D eigenvalue weighted by Gasteiger charge is -2.06. The van der Waals surface area contributed by atoms with Crippen molar-refractivity contribution in [3.8, 4) is 11.6 Å². The second-order valence-electron chi connectivity index (χ2n) is 4.44. The Kier molecular flexibility index (Phi) is 5.15. The van der Waals surface area contributed by atoms with E-state index in [-0.39, 0.29) is 5.91 Å². The molecule has 110 valence electrons. The second kappa shape index (κ2) is 7.28. The zero-order valence-electron chi connectivity index (χ0n) is 12.1. The van der Waals surface area contributed by atoms with Crippen molar-refractivity contribution in [3.05, 3.63) is 53.7 Å². The van der Waals surface area contributed by atoms with Crippen LogP contribution in [0.5, 0.6) is 11.6 Å². The Labute approximate surface area is 123 Å². The maximum absolute atomic E-state index is 11.9. The van der Waals surface area contributed by atoms with Gasteiger partial charge in [0.1, 0.15) is 5.75 Å². The first-order chi connectivity index (χ1) is 10.2. The normalized spacial score (nSPS) is 10.0. The van der Waals surface area contributed by atoms with Crippen LogP contribution in [0.15, 0.2) is 42.6 Å². The van der Waals surface area contributed by atoms with Crippen LogP contribution in [-0.4, -0.2) is 31.7 Å². The summed E-state index contributed by atoms with van der Waals surface area (Å²) in [5.74, 6) is 1.18. The lowest BCUT2D eigenvalue weighted by Crippen LogP contribution is -2.25. The minimum Gasteiger partial charge on any atom is -0.497 e. The summed E-state index contributed by atoms with van der Waals surface area (Å²) in [4.78, 5) is 15.9. The van der Waals surface area contributed by atoms with E-state index in [1.807, 2.05) is 24.3 Å². The molecule has 1 aromatic heterocycles. The van der Waals surface area contributed by atoms with Crippen molar-refractivity contribution in [2.75, 3.05) is 20.8 Å². The molecular formula is C16H18N2O3. The van der Waals surface area contributed by atoms with Crippen molar-refractivity contribution in [2.24, 2.45) is 0 Å². The standard InChI is InChI=1S/C16H18N2O3/c1-20-14-6-3-12(4-7-14)9-10-17-16(19)13-5-8-15(21-2)18-11-13/h3-8,11H,9-10H2,1-2H3,(H,17,19). The van der Waals surface area contributed by atoms with Gasteiger partial charge in [0.05, 0.1) is 19.8 Å². The average Bonchev–Trinajstić information content (AvgIpc) is 2.55. The molecule has 1 aromatic carbocycles. The number of pyridine rings is 1. The van der Waals surface area contributed by atoms with E-state index in [0.717, 1.165) is 17.7 Å². The van der Waals surface area contributed by atoms with Crippen molar-refractivity contribution < 1.29 is 14.3 Å². The predicted molar refractivity (Wildman–Crippen MR) is 79.8 cm³/mol. The van der Waals surface area contributed by atoms with Gasteiger partial charge in [-0.25, -0.2) is 4.98 Å². The van der Waals surface area contributed by atoms with Gasteiger partial charge in [-0.1, -0.05) is 12.1 Å². The average molecular weight is 286 g/mol. The molecule has 2 aromatic rings. The van der Waals surface area contributed by atoms with Gasteiger partial charge in [0.15, 0.2) is 0 Å².